The second-order valence-corrected chi connectivity index (χ2v) is 4.37. The zero-order chi connectivity index (χ0) is 11.6. The van der Waals surface area contributed by atoms with E-state index < -0.39 is 0 Å². The number of amides is 1. The number of carbonyl (C=O) groups is 1. The fourth-order valence-electron chi connectivity index (χ4n) is 1.83. The number of nitrogens with one attached hydrogen (secondary N) is 2. The Morgan fingerprint density at radius 1 is 1.35 bits per heavy atom. The van der Waals surface area contributed by atoms with Gasteiger partial charge in [-0.2, -0.15) is 0 Å². The van der Waals surface area contributed by atoms with E-state index in [9.17, 15) is 4.79 Å². The summed E-state index contributed by atoms with van der Waals surface area (Å²) in [6.45, 7) is 6.47. The van der Waals surface area contributed by atoms with Gasteiger partial charge in [0, 0.05) is 32.7 Å². The Morgan fingerprint density at radius 2 is 2.18 bits per heavy atom. The van der Waals surface area contributed by atoms with Crippen LogP contribution in [0.15, 0.2) is 0 Å². The lowest BCUT2D eigenvalue weighted by Gasteiger charge is -2.08. The van der Waals surface area contributed by atoms with Gasteiger partial charge in [-0.25, -0.2) is 0 Å². The minimum atomic E-state index is 0. The van der Waals surface area contributed by atoms with Crippen molar-refractivity contribution in [2.75, 3.05) is 32.8 Å². The van der Waals surface area contributed by atoms with Gasteiger partial charge < -0.3 is 15.4 Å². The number of rotatable bonds is 8. The zero-order valence-electron chi connectivity index (χ0n) is 10.7. The molecule has 1 aliphatic rings. The Labute approximate surface area is 110 Å². The van der Waals surface area contributed by atoms with E-state index in [4.69, 9.17) is 4.74 Å². The van der Waals surface area contributed by atoms with Crippen LogP contribution in [0.1, 0.15) is 32.6 Å². The molecule has 0 aliphatic carbocycles. The molecule has 1 heterocycles. The van der Waals surface area contributed by atoms with E-state index in [1.54, 1.807) is 0 Å². The highest BCUT2D eigenvalue weighted by atomic mass is 35.5. The highest BCUT2D eigenvalue weighted by Crippen LogP contribution is 2.17. The Kier molecular flexibility index (Phi) is 10.6. The molecule has 1 unspecified atom stereocenters. The van der Waals surface area contributed by atoms with Gasteiger partial charge in [0.25, 0.3) is 0 Å². The van der Waals surface area contributed by atoms with Crippen LogP contribution in [0.3, 0.4) is 0 Å². The van der Waals surface area contributed by atoms with Crippen molar-refractivity contribution in [3.63, 3.8) is 0 Å². The van der Waals surface area contributed by atoms with Gasteiger partial charge in [-0.05, 0) is 31.7 Å². The third kappa shape index (κ3) is 8.41. The molecule has 1 atom stereocenters. The molecule has 1 rings (SSSR count). The molecule has 2 N–H and O–H groups in total. The van der Waals surface area contributed by atoms with Crippen LogP contribution in [0.5, 0.6) is 0 Å². The van der Waals surface area contributed by atoms with Gasteiger partial charge in [0.15, 0.2) is 0 Å². The molecule has 4 nitrogen and oxygen atoms in total. The van der Waals surface area contributed by atoms with Crippen molar-refractivity contribution in [1.29, 1.82) is 0 Å². The van der Waals surface area contributed by atoms with Gasteiger partial charge in [-0.3, -0.25) is 4.79 Å². The first-order chi connectivity index (χ1) is 7.83. The summed E-state index contributed by atoms with van der Waals surface area (Å²) < 4.78 is 5.27. The van der Waals surface area contributed by atoms with E-state index in [0.717, 1.165) is 52.1 Å². The molecule has 1 fully saturated rings. The molecular formula is C12H25ClN2O2. The SMILES string of the molecule is CCCNCCNC(=O)CCC1CCOC1.Cl. The lowest BCUT2D eigenvalue weighted by molar-refractivity contribution is -0.121. The van der Waals surface area contributed by atoms with Gasteiger partial charge in [0.2, 0.25) is 5.91 Å². The molecule has 0 saturated carbocycles. The smallest absolute Gasteiger partial charge is 0.220 e. The van der Waals surface area contributed by atoms with Crippen molar-refractivity contribution in [2.24, 2.45) is 5.92 Å². The maximum Gasteiger partial charge on any atom is 0.220 e. The summed E-state index contributed by atoms with van der Waals surface area (Å²) in [6, 6.07) is 0. The summed E-state index contributed by atoms with van der Waals surface area (Å²) in [4.78, 5) is 11.5. The highest BCUT2D eigenvalue weighted by Gasteiger charge is 2.16. The number of halogens is 1. The fraction of sp³-hybridized carbons (Fsp3) is 0.917. The van der Waals surface area contributed by atoms with Crippen LogP contribution >= 0.6 is 12.4 Å². The zero-order valence-corrected chi connectivity index (χ0v) is 11.5. The van der Waals surface area contributed by atoms with Crippen LogP contribution in [0.2, 0.25) is 0 Å². The summed E-state index contributed by atoms with van der Waals surface area (Å²) in [5.41, 5.74) is 0. The maximum atomic E-state index is 11.5. The third-order valence-electron chi connectivity index (χ3n) is 2.85. The molecule has 0 aromatic heterocycles. The maximum absolute atomic E-state index is 11.5. The van der Waals surface area contributed by atoms with Crippen LogP contribution in [0, 0.1) is 5.92 Å². The Balaban J connectivity index is 0.00000256. The second-order valence-electron chi connectivity index (χ2n) is 4.37. The first-order valence-electron chi connectivity index (χ1n) is 6.38. The molecule has 102 valence electrons. The average Bonchev–Trinajstić information content (AvgIpc) is 2.79. The number of carbonyl (C=O) groups excluding carboxylic acids is 1. The molecule has 0 spiro atoms. The molecule has 0 aromatic rings. The number of hydrogen-bond acceptors (Lipinski definition) is 3. The number of ether oxygens (including phenoxy) is 1. The van der Waals surface area contributed by atoms with Crippen LogP contribution in [0.4, 0.5) is 0 Å². The predicted molar refractivity (Wildman–Crippen MR) is 71.6 cm³/mol. The normalized spacial score (nSPS) is 18.8. The van der Waals surface area contributed by atoms with E-state index in [1.807, 2.05) is 0 Å². The van der Waals surface area contributed by atoms with Gasteiger partial charge in [0.05, 0.1) is 0 Å². The topological polar surface area (TPSA) is 50.4 Å². The Hall–Kier alpha value is -0.320. The lowest BCUT2D eigenvalue weighted by atomic mass is 10.0. The molecular weight excluding hydrogens is 240 g/mol. The monoisotopic (exact) mass is 264 g/mol. The molecule has 0 radical (unpaired) electrons. The molecule has 0 aromatic carbocycles. The van der Waals surface area contributed by atoms with Crippen molar-refractivity contribution in [3.8, 4) is 0 Å². The third-order valence-corrected chi connectivity index (χ3v) is 2.85. The first-order valence-corrected chi connectivity index (χ1v) is 6.38. The van der Waals surface area contributed by atoms with Crippen molar-refractivity contribution < 1.29 is 9.53 Å². The summed E-state index contributed by atoms with van der Waals surface area (Å²) in [7, 11) is 0. The summed E-state index contributed by atoms with van der Waals surface area (Å²) in [6.07, 6.45) is 3.86. The van der Waals surface area contributed by atoms with Gasteiger partial charge in [-0.1, -0.05) is 6.92 Å². The van der Waals surface area contributed by atoms with E-state index in [-0.39, 0.29) is 18.3 Å². The molecule has 0 bridgehead atoms. The summed E-state index contributed by atoms with van der Waals surface area (Å²) in [5.74, 6) is 0.772. The van der Waals surface area contributed by atoms with Crippen LogP contribution < -0.4 is 10.6 Å². The minimum Gasteiger partial charge on any atom is -0.381 e. The molecule has 1 amide bonds. The molecule has 1 saturated heterocycles. The van der Waals surface area contributed by atoms with Crippen molar-refractivity contribution in [2.45, 2.75) is 32.6 Å². The van der Waals surface area contributed by atoms with E-state index >= 15 is 0 Å². The lowest BCUT2D eigenvalue weighted by Crippen LogP contribution is -2.32. The van der Waals surface area contributed by atoms with E-state index in [0.29, 0.717) is 12.3 Å². The summed E-state index contributed by atoms with van der Waals surface area (Å²) in [5, 5.41) is 6.18. The van der Waals surface area contributed by atoms with E-state index in [1.165, 1.54) is 0 Å². The van der Waals surface area contributed by atoms with Gasteiger partial charge >= 0.3 is 0 Å². The second kappa shape index (κ2) is 10.8. The Morgan fingerprint density at radius 3 is 2.82 bits per heavy atom. The Bertz CT molecular complexity index is 197. The number of hydrogen-bond donors (Lipinski definition) is 2. The van der Waals surface area contributed by atoms with Crippen molar-refractivity contribution in [3.05, 3.63) is 0 Å². The van der Waals surface area contributed by atoms with Crippen LogP contribution in [0.25, 0.3) is 0 Å². The van der Waals surface area contributed by atoms with Gasteiger partial charge in [-0.15, -0.1) is 12.4 Å². The average molecular weight is 265 g/mol. The van der Waals surface area contributed by atoms with E-state index in [2.05, 4.69) is 17.6 Å². The van der Waals surface area contributed by atoms with Gasteiger partial charge in [0.1, 0.15) is 0 Å². The molecule has 5 heteroatoms. The minimum absolute atomic E-state index is 0. The first kappa shape index (κ1) is 16.7. The van der Waals surface area contributed by atoms with Crippen LogP contribution in [-0.2, 0) is 9.53 Å². The molecule has 17 heavy (non-hydrogen) atoms. The fourth-order valence-corrected chi connectivity index (χ4v) is 1.83. The van der Waals surface area contributed by atoms with Crippen LogP contribution in [-0.4, -0.2) is 38.8 Å². The standard InChI is InChI=1S/C12H24N2O2.ClH/c1-2-6-13-7-8-14-12(15)4-3-11-5-9-16-10-11;/h11,13H,2-10H2,1H3,(H,14,15);1H. The van der Waals surface area contributed by atoms with Crippen molar-refractivity contribution in [1.82, 2.24) is 10.6 Å². The highest BCUT2D eigenvalue weighted by molar-refractivity contribution is 5.85. The molecule has 1 aliphatic heterocycles. The summed E-state index contributed by atoms with van der Waals surface area (Å²) >= 11 is 0. The predicted octanol–water partition coefficient (Wildman–Crippen LogP) is 1.34. The van der Waals surface area contributed by atoms with Crippen molar-refractivity contribution >= 4 is 18.3 Å². The largest absolute Gasteiger partial charge is 0.381 e. The quantitative estimate of drug-likeness (QED) is 0.651.